The smallest absolute Gasteiger partial charge is 0.123 e. The van der Waals surface area contributed by atoms with Crippen LogP contribution in [-0.4, -0.2) is 20.0 Å². The largest absolute Gasteiger partial charge is 0.497 e. The van der Waals surface area contributed by atoms with Crippen LogP contribution in [0.5, 0.6) is 11.5 Å². The van der Waals surface area contributed by atoms with E-state index < -0.39 is 0 Å². The van der Waals surface area contributed by atoms with Crippen LogP contribution in [0.1, 0.15) is 17.4 Å². The van der Waals surface area contributed by atoms with Crippen molar-refractivity contribution >= 4 is 11.8 Å². The lowest BCUT2D eigenvalue weighted by Crippen LogP contribution is -2.14. The van der Waals surface area contributed by atoms with E-state index in [4.69, 9.17) is 19.6 Å². The van der Waals surface area contributed by atoms with Crippen molar-refractivity contribution in [3.63, 3.8) is 0 Å². The van der Waals surface area contributed by atoms with Crippen molar-refractivity contribution in [2.75, 3.05) is 20.0 Å². The summed E-state index contributed by atoms with van der Waals surface area (Å²) in [6.45, 7) is 0. The summed E-state index contributed by atoms with van der Waals surface area (Å²) < 4.78 is 15.9. The van der Waals surface area contributed by atoms with Crippen molar-refractivity contribution in [2.45, 2.75) is 11.8 Å². The standard InChI is InChI=1S/C15H19NO3S/c1-17-11-5-6-15(18-2)13(8-11)14(16)10-20-9-12-4-3-7-19-12/h3-8,14H,9-10,16H2,1-2H3. The van der Waals surface area contributed by atoms with Crippen LogP contribution in [-0.2, 0) is 5.75 Å². The Hall–Kier alpha value is -1.59. The summed E-state index contributed by atoms with van der Waals surface area (Å²) in [5, 5.41) is 0. The van der Waals surface area contributed by atoms with Gasteiger partial charge in [-0.15, -0.1) is 0 Å². The maximum atomic E-state index is 6.25. The summed E-state index contributed by atoms with van der Waals surface area (Å²) >= 11 is 1.73. The van der Waals surface area contributed by atoms with Gasteiger partial charge in [0.25, 0.3) is 0 Å². The summed E-state index contributed by atoms with van der Waals surface area (Å²) in [6.07, 6.45) is 1.68. The second kappa shape index (κ2) is 7.26. The molecule has 0 saturated heterocycles. The van der Waals surface area contributed by atoms with Crippen LogP contribution in [0.2, 0.25) is 0 Å². The van der Waals surface area contributed by atoms with Crippen LogP contribution < -0.4 is 15.2 Å². The number of benzene rings is 1. The summed E-state index contributed by atoms with van der Waals surface area (Å²) in [6, 6.07) is 9.42. The van der Waals surface area contributed by atoms with E-state index in [2.05, 4.69) is 0 Å². The van der Waals surface area contributed by atoms with Gasteiger partial charge in [-0.2, -0.15) is 11.8 Å². The topological polar surface area (TPSA) is 57.6 Å². The molecule has 4 nitrogen and oxygen atoms in total. The van der Waals surface area contributed by atoms with Crippen molar-refractivity contribution in [3.8, 4) is 11.5 Å². The number of furan rings is 1. The molecule has 0 aliphatic rings. The van der Waals surface area contributed by atoms with Gasteiger partial charge in [-0.05, 0) is 30.3 Å². The van der Waals surface area contributed by atoms with Gasteiger partial charge in [0.15, 0.2) is 0 Å². The zero-order chi connectivity index (χ0) is 14.4. The highest BCUT2D eigenvalue weighted by Gasteiger charge is 2.13. The van der Waals surface area contributed by atoms with Gasteiger partial charge in [-0.3, -0.25) is 0 Å². The predicted octanol–water partition coefficient (Wildman–Crippen LogP) is 3.23. The summed E-state index contributed by atoms with van der Waals surface area (Å²) in [5.41, 5.74) is 7.20. The highest BCUT2D eigenvalue weighted by Crippen LogP contribution is 2.30. The van der Waals surface area contributed by atoms with E-state index in [9.17, 15) is 0 Å². The Labute approximate surface area is 123 Å². The second-order valence-electron chi connectivity index (χ2n) is 4.31. The number of hydrogen-bond donors (Lipinski definition) is 1. The summed E-state index contributed by atoms with van der Waals surface area (Å²) in [4.78, 5) is 0. The molecule has 0 saturated carbocycles. The molecule has 20 heavy (non-hydrogen) atoms. The normalized spacial score (nSPS) is 12.2. The average molecular weight is 293 g/mol. The molecule has 0 bridgehead atoms. The molecule has 0 radical (unpaired) electrons. The lowest BCUT2D eigenvalue weighted by Gasteiger charge is -2.16. The Kier molecular flexibility index (Phi) is 5.38. The minimum Gasteiger partial charge on any atom is -0.497 e. The van der Waals surface area contributed by atoms with E-state index in [1.54, 1.807) is 32.2 Å². The van der Waals surface area contributed by atoms with E-state index in [0.29, 0.717) is 0 Å². The molecule has 5 heteroatoms. The molecule has 1 aromatic carbocycles. The summed E-state index contributed by atoms with van der Waals surface area (Å²) in [7, 11) is 3.29. The first-order chi connectivity index (χ1) is 9.74. The van der Waals surface area contributed by atoms with E-state index >= 15 is 0 Å². The van der Waals surface area contributed by atoms with E-state index in [1.807, 2.05) is 30.3 Å². The Morgan fingerprint density at radius 1 is 1.25 bits per heavy atom. The number of methoxy groups -OCH3 is 2. The maximum Gasteiger partial charge on any atom is 0.123 e. The van der Waals surface area contributed by atoms with Gasteiger partial charge in [0.2, 0.25) is 0 Å². The van der Waals surface area contributed by atoms with Gasteiger partial charge < -0.3 is 19.6 Å². The number of nitrogens with two attached hydrogens (primary N) is 1. The van der Waals surface area contributed by atoms with Crippen molar-refractivity contribution in [1.82, 2.24) is 0 Å². The molecule has 2 rings (SSSR count). The molecule has 2 aromatic rings. The minimum atomic E-state index is -0.111. The molecule has 1 atom stereocenters. The van der Waals surface area contributed by atoms with E-state index in [0.717, 1.165) is 34.3 Å². The fraction of sp³-hybridized carbons (Fsp3) is 0.333. The van der Waals surface area contributed by atoms with Gasteiger partial charge in [0.05, 0.1) is 26.2 Å². The third-order valence-electron chi connectivity index (χ3n) is 2.96. The fourth-order valence-corrected chi connectivity index (χ4v) is 2.82. The zero-order valence-electron chi connectivity index (χ0n) is 11.7. The third kappa shape index (κ3) is 3.71. The Morgan fingerprint density at radius 3 is 2.75 bits per heavy atom. The molecule has 1 aromatic heterocycles. The molecule has 1 heterocycles. The van der Waals surface area contributed by atoms with Gasteiger partial charge in [-0.1, -0.05) is 0 Å². The molecular formula is C15H19NO3S. The van der Waals surface area contributed by atoms with Gasteiger partial charge in [-0.25, -0.2) is 0 Å². The van der Waals surface area contributed by atoms with Crippen LogP contribution in [0.3, 0.4) is 0 Å². The van der Waals surface area contributed by atoms with Crippen LogP contribution in [0.25, 0.3) is 0 Å². The highest BCUT2D eigenvalue weighted by molar-refractivity contribution is 7.98. The number of rotatable bonds is 7. The van der Waals surface area contributed by atoms with Gasteiger partial charge >= 0.3 is 0 Å². The number of thioether (sulfide) groups is 1. The maximum absolute atomic E-state index is 6.25. The molecule has 0 spiro atoms. The minimum absolute atomic E-state index is 0.111. The monoisotopic (exact) mass is 293 g/mol. The van der Waals surface area contributed by atoms with Gasteiger partial charge in [0, 0.05) is 17.4 Å². The molecule has 2 N–H and O–H groups in total. The molecule has 0 amide bonds. The quantitative estimate of drug-likeness (QED) is 0.849. The first kappa shape index (κ1) is 14.8. The molecule has 1 unspecified atom stereocenters. The van der Waals surface area contributed by atoms with Crippen LogP contribution in [0, 0.1) is 0 Å². The average Bonchev–Trinajstić information content (AvgIpc) is 2.99. The highest BCUT2D eigenvalue weighted by atomic mass is 32.2. The first-order valence-corrected chi connectivity index (χ1v) is 7.47. The fourth-order valence-electron chi connectivity index (χ4n) is 1.90. The van der Waals surface area contributed by atoms with Gasteiger partial charge in [0.1, 0.15) is 17.3 Å². The Balaban J connectivity index is 1.98. The SMILES string of the molecule is COc1ccc(OC)c(C(N)CSCc2ccco2)c1. The molecule has 0 aliphatic heterocycles. The number of hydrogen-bond acceptors (Lipinski definition) is 5. The van der Waals surface area contributed by atoms with Crippen molar-refractivity contribution < 1.29 is 13.9 Å². The molecule has 0 aliphatic carbocycles. The zero-order valence-corrected chi connectivity index (χ0v) is 12.5. The van der Waals surface area contributed by atoms with E-state index in [-0.39, 0.29) is 6.04 Å². The molecule has 0 fully saturated rings. The first-order valence-electron chi connectivity index (χ1n) is 6.32. The van der Waals surface area contributed by atoms with Crippen LogP contribution >= 0.6 is 11.8 Å². The van der Waals surface area contributed by atoms with Crippen LogP contribution in [0.15, 0.2) is 41.0 Å². The Morgan fingerprint density at radius 2 is 2.10 bits per heavy atom. The number of ether oxygens (including phenoxy) is 2. The molecule has 108 valence electrons. The third-order valence-corrected chi connectivity index (χ3v) is 4.04. The molecular weight excluding hydrogens is 274 g/mol. The lowest BCUT2D eigenvalue weighted by atomic mass is 10.1. The summed E-state index contributed by atoms with van der Waals surface area (Å²) in [5.74, 6) is 4.13. The van der Waals surface area contributed by atoms with Crippen molar-refractivity contribution in [2.24, 2.45) is 5.73 Å². The van der Waals surface area contributed by atoms with E-state index in [1.165, 1.54) is 0 Å². The lowest BCUT2D eigenvalue weighted by molar-refractivity contribution is 0.396. The second-order valence-corrected chi connectivity index (χ2v) is 5.34. The Bertz CT molecular complexity index is 528. The van der Waals surface area contributed by atoms with Crippen molar-refractivity contribution in [3.05, 3.63) is 47.9 Å². The predicted molar refractivity (Wildman–Crippen MR) is 81.3 cm³/mol. The van der Waals surface area contributed by atoms with Crippen molar-refractivity contribution in [1.29, 1.82) is 0 Å². The van der Waals surface area contributed by atoms with Crippen LogP contribution in [0.4, 0.5) is 0 Å².